The lowest BCUT2D eigenvalue weighted by molar-refractivity contribution is 0.0773. The maximum Gasteiger partial charge on any atom is 0.253 e. The van der Waals surface area contributed by atoms with E-state index in [1.165, 1.54) is 6.42 Å². The van der Waals surface area contributed by atoms with Gasteiger partial charge in [0.1, 0.15) is 0 Å². The molecule has 1 aromatic rings. The molecule has 1 aliphatic rings. The molecule has 1 saturated carbocycles. The van der Waals surface area contributed by atoms with Crippen LogP contribution in [0.2, 0.25) is 0 Å². The summed E-state index contributed by atoms with van der Waals surface area (Å²) in [7, 11) is 0. The summed E-state index contributed by atoms with van der Waals surface area (Å²) in [6, 6.07) is 8.33. The molecule has 1 amide bonds. The molecule has 0 saturated heterocycles. The van der Waals surface area contributed by atoms with Crippen molar-refractivity contribution < 1.29 is 4.79 Å². The normalized spacial score (nSPS) is 19.8. The van der Waals surface area contributed by atoms with Gasteiger partial charge in [-0.1, -0.05) is 19.1 Å². The third kappa shape index (κ3) is 4.98. The predicted molar refractivity (Wildman–Crippen MR) is 99.2 cm³/mol. The molecule has 5 nitrogen and oxygen atoms in total. The van der Waals surface area contributed by atoms with Crippen LogP contribution in [-0.4, -0.2) is 42.4 Å². The van der Waals surface area contributed by atoms with E-state index < -0.39 is 0 Å². The molecule has 2 N–H and O–H groups in total. The Balaban J connectivity index is 1.96. The lowest BCUT2D eigenvalue weighted by Gasteiger charge is -2.18. The summed E-state index contributed by atoms with van der Waals surface area (Å²) in [4.78, 5) is 18.8. The number of rotatable bonds is 7. The van der Waals surface area contributed by atoms with Gasteiger partial charge >= 0.3 is 0 Å². The maximum atomic E-state index is 12.3. The van der Waals surface area contributed by atoms with Gasteiger partial charge in [0, 0.05) is 31.2 Å². The van der Waals surface area contributed by atoms with Crippen molar-refractivity contribution in [1.82, 2.24) is 15.5 Å². The number of amides is 1. The number of hydrogen-bond acceptors (Lipinski definition) is 2. The molecule has 5 heteroatoms. The van der Waals surface area contributed by atoms with Crippen LogP contribution < -0.4 is 10.6 Å². The second-order valence-corrected chi connectivity index (χ2v) is 6.33. The van der Waals surface area contributed by atoms with Crippen LogP contribution in [0.25, 0.3) is 0 Å². The molecule has 1 fully saturated rings. The van der Waals surface area contributed by atoms with Crippen molar-refractivity contribution in [3.8, 4) is 0 Å². The Labute approximate surface area is 145 Å². The molecule has 24 heavy (non-hydrogen) atoms. The van der Waals surface area contributed by atoms with Crippen LogP contribution in [0.5, 0.6) is 0 Å². The first kappa shape index (κ1) is 18.3. The molecule has 1 aliphatic carbocycles. The topological polar surface area (TPSA) is 56.7 Å². The lowest BCUT2D eigenvalue weighted by Crippen LogP contribution is -2.39. The molecule has 132 valence electrons. The number of carbonyl (C=O) groups is 1. The van der Waals surface area contributed by atoms with Gasteiger partial charge in [0.05, 0.1) is 6.54 Å². The third-order valence-electron chi connectivity index (χ3n) is 4.45. The van der Waals surface area contributed by atoms with E-state index in [2.05, 4.69) is 29.5 Å². The minimum absolute atomic E-state index is 0.0905. The quantitative estimate of drug-likeness (QED) is 0.597. The zero-order chi connectivity index (χ0) is 17.5. The van der Waals surface area contributed by atoms with Crippen molar-refractivity contribution >= 4 is 11.9 Å². The fourth-order valence-corrected chi connectivity index (χ4v) is 2.64. The molecule has 0 heterocycles. The molecule has 0 aromatic heterocycles. The van der Waals surface area contributed by atoms with Crippen molar-refractivity contribution in [2.75, 3.05) is 19.6 Å². The highest BCUT2D eigenvalue weighted by atomic mass is 16.2. The Bertz CT molecular complexity index is 563. The van der Waals surface area contributed by atoms with Gasteiger partial charge in [-0.05, 0) is 50.8 Å². The summed E-state index contributed by atoms with van der Waals surface area (Å²) in [6.07, 6.45) is 1.21. The molecule has 2 atom stereocenters. The monoisotopic (exact) mass is 330 g/mol. The van der Waals surface area contributed by atoms with E-state index in [0.29, 0.717) is 12.6 Å². The smallest absolute Gasteiger partial charge is 0.253 e. The molecular formula is C19H30N4O. The van der Waals surface area contributed by atoms with Crippen LogP contribution in [0.15, 0.2) is 29.3 Å². The van der Waals surface area contributed by atoms with Gasteiger partial charge in [-0.15, -0.1) is 0 Å². The Morgan fingerprint density at radius 3 is 2.33 bits per heavy atom. The summed E-state index contributed by atoms with van der Waals surface area (Å²) < 4.78 is 0. The van der Waals surface area contributed by atoms with Crippen molar-refractivity contribution in [3.05, 3.63) is 35.4 Å². The number of nitrogens with one attached hydrogen (secondary N) is 2. The summed E-state index contributed by atoms with van der Waals surface area (Å²) >= 11 is 0. The molecule has 0 aliphatic heterocycles. The van der Waals surface area contributed by atoms with Crippen LogP contribution in [-0.2, 0) is 6.54 Å². The van der Waals surface area contributed by atoms with Crippen LogP contribution in [0.3, 0.4) is 0 Å². The zero-order valence-corrected chi connectivity index (χ0v) is 15.3. The number of carbonyl (C=O) groups excluding carboxylic acids is 1. The van der Waals surface area contributed by atoms with E-state index in [-0.39, 0.29) is 5.91 Å². The van der Waals surface area contributed by atoms with Gasteiger partial charge in [-0.2, -0.15) is 0 Å². The molecule has 2 rings (SSSR count). The van der Waals surface area contributed by atoms with E-state index in [1.54, 1.807) is 0 Å². The van der Waals surface area contributed by atoms with Gasteiger partial charge in [-0.3, -0.25) is 4.79 Å². The summed E-state index contributed by atoms with van der Waals surface area (Å²) in [5, 5.41) is 6.73. The van der Waals surface area contributed by atoms with Gasteiger partial charge < -0.3 is 15.5 Å². The van der Waals surface area contributed by atoms with Crippen LogP contribution in [0.4, 0.5) is 0 Å². The van der Waals surface area contributed by atoms with Gasteiger partial charge in [0.2, 0.25) is 0 Å². The largest absolute Gasteiger partial charge is 0.357 e. The Morgan fingerprint density at radius 2 is 1.83 bits per heavy atom. The Hall–Kier alpha value is -2.04. The maximum absolute atomic E-state index is 12.3. The van der Waals surface area contributed by atoms with Crippen LogP contribution in [0.1, 0.15) is 50.0 Å². The minimum Gasteiger partial charge on any atom is -0.357 e. The standard InChI is InChI=1S/C19H30N4O/c1-5-20-19(22-17-12-14(17)4)21-13-15-8-10-16(11-9-15)18(24)23(6-2)7-3/h8-11,14,17H,5-7,12-13H2,1-4H3,(H2,20,21,22). The van der Waals surface area contributed by atoms with Crippen molar-refractivity contribution in [1.29, 1.82) is 0 Å². The molecule has 0 radical (unpaired) electrons. The molecular weight excluding hydrogens is 300 g/mol. The van der Waals surface area contributed by atoms with Crippen LogP contribution >= 0.6 is 0 Å². The average molecular weight is 330 g/mol. The highest BCUT2D eigenvalue weighted by Gasteiger charge is 2.33. The van der Waals surface area contributed by atoms with Crippen molar-refractivity contribution in [2.45, 2.75) is 46.7 Å². The minimum atomic E-state index is 0.0905. The fraction of sp³-hybridized carbons (Fsp3) is 0.579. The number of nitrogens with zero attached hydrogens (tertiary/aromatic N) is 2. The summed E-state index contributed by atoms with van der Waals surface area (Å²) in [6.45, 7) is 11.2. The highest BCUT2D eigenvalue weighted by Crippen LogP contribution is 2.28. The van der Waals surface area contributed by atoms with Gasteiger partial charge in [0.25, 0.3) is 5.91 Å². The van der Waals surface area contributed by atoms with E-state index in [4.69, 9.17) is 0 Å². The number of benzene rings is 1. The molecule has 0 spiro atoms. The highest BCUT2D eigenvalue weighted by molar-refractivity contribution is 5.94. The lowest BCUT2D eigenvalue weighted by atomic mass is 10.1. The average Bonchev–Trinajstić information content (AvgIpc) is 3.29. The Morgan fingerprint density at radius 1 is 1.21 bits per heavy atom. The fourth-order valence-electron chi connectivity index (χ4n) is 2.64. The Kier molecular flexibility index (Phi) is 6.64. The summed E-state index contributed by atoms with van der Waals surface area (Å²) in [5.74, 6) is 1.70. The SMILES string of the molecule is CCNC(=NCc1ccc(C(=O)N(CC)CC)cc1)NC1CC1C. The second kappa shape index (κ2) is 8.71. The number of hydrogen-bond donors (Lipinski definition) is 2. The first-order valence-electron chi connectivity index (χ1n) is 9.02. The second-order valence-electron chi connectivity index (χ2n) is 6.33. The third-order valence-corrected chi connectivity index (χ3v) is 4.45. The van der Waals surface area contributed by atoms with Crippen LogP contribution in [0, 0.1) is 5.92 Å². The van der Waals surface area contributed by atoms with Gasteiger partial charge in [0.15, 0.2) is 5.96 Å². The van der Waals surface area contributed by atoms with E-state index >= 15 is 0 Å². The zero-order valence-electron chi connectivity index (χ0n) is 15.3. The summed E-state index contributed by atoms with van der Waals surface area (Å²) in [5.41, 5.74) is 1.84. The van der Waals surface area contributed by atoms with E-state index in [1.807, 2.05) is 43.0 Å². The van der Waals surface area contributed by atoms with Crippen molar-refractivity contribution in [2.24, 2.45) is 10.9 Å². The predicted octanol–water partition coefficient (Wildman–Crippen LogP) is 2.63. The van der Waals surface area contributed by atoms with Crippen molar-refractivity contribution in [3.63, 3.8) is 0 Å². The molecule has 1 aromatic carbocycles. The number of aliphatic imine (C=N–C) groups is 1. The van der Waals surface area contributed by atoms with E-state index in [0.717, 1.165) is 42.6 Å². The molecule has 0 bridgehead atoms. The first-order chi connectivity index (χ1) is 11.6. The van der Waals surface area contributed by atoms with E-state index in [9.17, 15) is 4.79 Å². The number of guanidine groups is 1. The molecule has 2 unspecified atom stereocenters. The first-order valence-corrected chi connectivity index (χ1v) is 9.02. The van der Waals surface area contributed by atoms with Gasteiger partial charge in [-0.25, -0.2) is 4.99 Å².